The molecule has 0 bridgehead atoms. The Bertz CT molecular complexity index is 1330. The number of methoxy groups -OCH3 is 1. The van der Waals surface area contributed by atoms with Gasteiger partial charge in [-0.1, -0.05) is 78.9 Å². The lowest BCUT2D eigenvalue weighted by molar-refractivity contribution is -0.156. The molecule has 0 aliphatic rings. The van der Waals surface area contributed by atoms with Crippen LogP contribution in [0.1, 0.15) is 33.6 Å². The minimum atomic E-state index is -1.25. The van der Waals surface area contributed by atoms with E-state index in [2.05, 4.69) is 10.6 Å². The van der Waals surface area contributed by atoms with Gasteiger partial charge in [-0.15, -0.1) is 0 Å². The third-order valence-corrected chi connectivity index (χ3v) is 5.61. The topological polar surface area (TPSA) is 93.7 Å². The van der Waals surface area contributed by atoms with Crippen molar-refractivity contribution < 1.29 is 23.9 Å². The van der Waals surface area contributed by atoms with E-state index in [1.807, 2.05) is 0 Å². The van der Waals surface area contributed by atoms with E-state index in [-0.39, 0.29) is 0 Å². The van der Waals surface area contributed by atoms with Gasteiger partial charge in [-0.3, -0.25) is 9.59 Å². The zero-order chi connectivity index (χ0) is 26.0. The molecule has 4 aromatic carbocycles. The van der Waals surface area contributed by atoms with Crippen molar-refractivity contribution in [1.29, 1.82) is 0 Å². The van der Waals surface area contributed by atoms with Crippen LogP contribution in [0.25, 0.3) is 0 Å². The molecule has 7 heteroatoms. The Balaban J connectivity index is 1.59. The number of amides is 2. The lowest BCUT2D eigenvalue weighted by Gasteiger charge is -2.23. The molecule has 37 heavy (non-hydrogen) atoms. The molecule has 2 N–H and O–H groups in total. The highest BCUT2D eigenvalue weighted by Crippen LogP contribution is 2.25. The molecule has 2 atom stereocenters. The van der Waals surface area contributed by atoms with Crippen molar-refractivity contribution in [2.45, 2.75) is 12.1 Å². The Hall–Kier alpha value is -4.91. The number of carbonyl (C=O) groups is 3. The summed E-state index contributed by atoms with van der Waals surface area (Å²) in [5.74, 6) is -1.10. The molecular weight excluding hydrogens is 468 g/mol. The second kappa shape index (κ2) is 12.2. The number of nitrogens with one attached hydrogen (secondary N) is 2. The molecule has 186 valence electrons. The Labute approximate surface area is 215 Å². The number of benzene rings is 4. The van der Waals surface area contributed by atoms with Gasteiger partial charge >= 0.3 is 5.97 Å². The monoisotopic (exact) mass is 494 g/mol. The smallest absolute Gasteiger partial charge is 0.334 e. The number of ether oxygens (including phenoxy) is 2. The van der Waals surface area contributed by atoms with E-state index in [0.29, 0.717) is 28.1 Å². The van der Waals surface area contributed by atoms with Crippen molar-refractivity contribution in [3.63, 3.8) is 0 Å². The molecule has 2 unspecified atom stereocenters. The molecule has 0 aliphatic heterocycles. The van der Waals surface area contributed by atoms with Crippen molar-refractivity contribution in [2.24, 2.45) is 0 Å². The molecular formula is C30H26N2O5. The summed E-state index contributed by atoms with van der Waals surface area (Å²) in [7, 11) is 1.55. The SMILES string of the molecule is COc1ccc(NC(=O)C(OC(=O)C(NC(=O)c2ccccc2)c2ccccc2)c2ccccc2)cc1. The quantitative estimate of drug-likeness (QED) is 0.316. The number of rotatable bonds is 9. The van der Waals surface area contributed by atoms with E-state index < -0.39 is 29.9 Å². The highest BCUT2D eigenvalue weighted by atomic mass is 16.5. The third-order valence-electron chi connectivity index (χ3n) is 5.61. The van der Waals surface area contributed by atoms with Gasteiger partial charge in [0.15, 0.2) is 6.04 Å². The van der Waals surface area contributed by atoms with Gasteiger partial charge in [0, 0.05) is 16.8 Å². The highest BCUT2D eigenvalue weighted by molar-refractivity contribution is 5.99. The molecule has 4 aromatic rings. The maximum Gasteiger partial charge on any atom is 0.334 e. The minimum Gasteiger partial charge on any atom is -0.497 e. The van der Waals surface area contributed by atoms with Crippen molar-refractivity contribution in [1.82, 2.24) is 5.32 Å². The number of carbonyl (C=O) groups excluding carboxylic acids is 3. The summed E-state index contributed by atoms with van der Waals surface area (Å²) in [4.78, 5) is 39.7. The summed E-state index contributed by atoms with van der Waals surface area (Å²) >= 11 is 0. The highest BCUT2D eigenvalue weighted by Gasteiger charge is 2.31. The fraction of sp³-hybridized carbons (Fsp3) is 0.100. The minimum absolute atomic E-state index is 0.396. The first-order valence-electron chi connectivity index (χ1n) is 11.7. The second-order valence-electron chi connectivity index (χ2n) is 8.13. The normalized spacial score (nSPS) is 12.0. The van der Waals surface area contributed by atoms with E-state index >= 15 is 0 Å². The average molecular weight is 495 g/mol. The zero-order valence-electron chi connectivity index (χ0n) is 20.2. The van der Waals surface area contributed by atoms with Crippen LogP contribution in [0.15, 0.2) is 115 Å². The van der Waals surface area contributed by atoms with Crippen molar-refractivity contribution >= 4 is 23.5 Å². The maximum atomic E-state index is 13.5. The van der Waals surface area contributed by atoms with Gasteiger partial charge < -0.3 is 20.1 Å². The van der Waals surface area contributed by atoms with Crippen LogP contribution >= 0.6 is 0 Å². The van der Waals surface area contributed by atoms with Crippen LogP contribution in [0.5, 0.6) is 5.75 Å². The number of anilines is 1. The fourth-order valence-corrected chi connectivity index (χ4v) is 3.69. The first-order chi connectivity index (χ1) is 18.0. The largest absolute Gasteiger partial charge is 0.497 e. The lowest BCUT2D eigenvalue weighted by Crippen LogP contribution is -2.37. The van der Waals surface area contributed by atoms with Crippen molar-refractivity contribution in [2.75, 3.05) is 12.4 Å². The molecule has 0 saturated carbocycles. The molecule has 0 fully saturated rings. The average Bonchev–Trinajstić information content (AvgIpc) is 2.96. The van der Waals surface area contributed by atoms with E-state index in [1.54, 1.807) is 122 Å². The zero-order valence-corrected chi connectivity index (χ0v) is 20.2. The Morgan fingerprint density at radius 1 is 0.676 bits per heavy atom. The summed E-state index contributed by atoms with van der Waals surface area (Å²) in [6.07, 6.45) is -1.25. The predicted octanol–water partition coefficient (Wildman–Crippen LogP) is 5.09. The van der Waals surface area contributed by atoms with Crippen LogP contribution in [0.4, 0.5) is 5.69 Å². The van der Waals surface area contributed by atoms with Gasteiger partial charge in [0.2, 0.25) is 6.10 Å². The van der Waals surface area contributed by atoms with Gasteiger partial charge in [-0.2, -0.15) is 0 Å². The lowest BCUT2D eigenvalue weighted by atomic mass is 10.1. The van der Waals surface area contributed by atoms with E-state index in [0.717, 1.165) is 0 Å². The van der Waals surface area contributed by atoms with Crippen LogP contribution in [-0.4, -0.2) is 24.9 Å². The van der Waals surface area contributed by atoms with Crippen molar-refractivity contribution in [3.8, 4) is 5.75 Å². The first kappa shape index (κ1) is 25.2. The number of esters is 1. The molecule has 0 aliphatic carbocycles. The van der Waals surface area contributed by atoms with Crippen LogP contribution in [0.2, 0.25) is 0 Å². The van der Waals surface area contributed by atoms with Gasteiger partial charge in [-0.05, 0) is 42.0 Å². The van der Waals surface area contributed by atoms with Crippen LogP contribution in [0, 0.1) is 0 Å². The second-order valence-corrected chi connectivity index (χ2v) is 8.13. The summed E-state index contributed by atoms with van der Waals surface area (Å²) in [5, 5.41) is 5.53. The first-order valence-corrected chi connectivity index (χ1v) is 11.7. The standard InChI is InChI=1S/C30H26N2O5/c1-36-25-19-17-24(18-20-25)31-29(34)27(22-13-7-3-8-14-22)37-30(35)26(21-11-5-2-6-12-21)32-28(33)23-15-9-4-10-16-23/h2-20,26-27H,1H3,(H,31,34)(H,32,33). The van der Waals surface area contributed by atoms with Crippen molar-refractivity contribution in [3.05, 3.63) is 132 Å². The number of hydrogen-bond acceptors (Lipinski definition) is 5. The van der Waals surface area contributed by atoms with Gasteiger partial charge in [-0.25, -0.2) is 4.79 Å². The van der Waals surface area contributed by atoms with E-state index in [1.165, 1.54) is 0 Å². The van der Waals surface area contributed by atoms with Gasteiger partial charge in [0.25, 0.3) is 11.8 Å². The summed E-state index contributed by atoms with van der Waals surface area (Å²) in [5.41, 5.74) is 1.93. The maximum absolute atomic E-state index is 13.5. The van der Waals surface area contributed by atoms with Crippen LogP contribution in [-0.2, 0) is 14.3 Å². The fourth-order valence-electron chi connectivity index (χ4n) is 3.69. The van der Waals surface area contributed by atoms with Crippen LogP contribution in [0.3, 0.4) is 0 Å². The molecule has 0 aromatic heterocycles. The van der Waals surface area contributed by atoms with Crippen LogP contribution < -0.4 is 15.4 Å². The molecule has 7 nitrogen and oxygen atoms in total. The van der Waals surface area contributed by atoms with Gasteiger partial charge in [0.1, 0.15) is 5.75 Å². The molecule has 0 radical (unpaired) electrons. The Kier molecular flexibility index (Phi) is 8.29. The molecule has 2 amide bonds. The summed E-state index contributed by atoms with van der Waals surface area (Å²) in [6.45, 7) is 0. The number of hydrogen-bond donors (Lipinski definition) is 2. The van der Waals surface area contributed by atoms with E-state index in [4.69, 9.17) is 9.47 Å². The van der Waals surface area contributed by atoms with E-state index in [9.17, 15) is 14.4 Å². The summed E-state index contributed by atoms with van der Waals surface area (Å²) in [6, 6.07) is 31.7. The Morgan fingerprint density at radius 3 is 1.78 bits per heavy atom. The molecule has 0 spiro atoms. The Morgan fingerprint density at radius 2 is 1.22 bits per heavy atom. The third kappa shape index (κ3) is 6.61. The summed E-state index contributed by atoms with van der Waals surface area (Å²) < 4.78 is 10.9. The molecule has 4 rings (SSSR count). The predicted molar refractivity (Wildman–Crippen MR) is 140 cm³/mol. The molecule has 0 heterocycles. The van der Waals surface area contributed by atoms with Gasteiger partial charge in [0.05, 0.1) is 7.11 Å². The molecule has 0 saturated heterocycles.